The molecule has 1 fully saturated rings. The minimum atomic E-state index is -0.523. The Hall–Kier alpha value is -2.54. The number of nitrogens with one attached hydrogen (secondary N) is 1. The highest BCUT2D eigenvalue weighted by Gasteiger charge is 2.34. The van der Waals surface area contributed by atoms with E-state index < -0.39 is 17.2 Å². The van der Waals surface area contributed by atoms with E-state index in [4.69, 9.17) is 0 Å². The third kappa shape index (κ3) is 4.56. The lowest BCUT2D eigenvalue weighted by Crippen LogP contribution is -2.53. The number of carbonyl (C=O) groups excluding carboxylic acids is 1. The molecule has 0 unspecified atom stereocenters. The second-order valence-electron chi connectivity index (χ2n) is 8.08. The van der Waals surface area contributed by atoms with Gasteiger partial charge >= 0.3 is 0 Å². The molecule has 2 aromatic rings. The summed E-state index contributed by atoms with van der Waals surface area (Å²) in [5, 5.41) is 7.11. The van der Waals surface area contributed by atoms with E-state index in [1.165, 1.54) is 29.7 Å². The fourth-order valence-electron chi connectivity index (χ4n) is 4.07. The summed E-state index contributed by atoms with van der Waals surface area (Å²) in [5.41, 5.74) is -0.145. The first kappa shape index (κ1) is 21.2. The zero-order chi connectivity index (χ0) is 21.0. The van der Waals surface area contributed by atoms with Gasteiger partial charge in [0.15, 0.2) is 5.69 Å². The monoisotopic (exact) mass is 400 g/mol. The Morgan fingerprint density at radius 2 is 1.86 bits per heavy atom. The van der Waals surface area contributed by atoms with Crippen molar-refractivity contribution >= 4 is 5.91 Å². The molecule has 0 spiro atoms. The van der Waals surface area contributed by atoms with Crippen molar-refractivity contribution in [1.82, 2.24) is 20.0 Å². The van der Waals surface area contributed by atoms with E-state index in [9.17, 15) is 14.0 Å². The molecule has 1 heterocycles. The molecule has 1 aromatic heterocycles. The highest BCUT2D eigenvalue weighted by atomic mass is 19.1. The third-order valence-electron chi connectivity index (χ3n) is 5.96. The fourth-order valence-corrected chi connectivity index (χ4v) is 4.07. The van der Waals surface area contributed by atoms with Gasteiger partial charge in [0.2, 0.25) is 5.43 Å². The minimum Gasteiger partial charge on any atom is -0.349 e. The van der Waals surface area contributed by atoms with Crippen molar-refractivity contribution in [1.29, 1.82) is 0 Å². The number of aromatic nitrogens is 2. The first-order chi connectivity index (χ1) is 13.8. The Morgan fingerprint density at radius 3 is 2.48 bits per heavy atom. The van der Waals surface area contributed by atoms with Gasteiger partial charge in [-0.05, 0) is 46.0 Å². The van der Waals surface area contributed by atoms with Gasteiger partial charge in [0.25, 0.3) is 5.91 Å². The van der Waals surface area contributed by atoms with Crippen LogP contribution >= 0.6 is 0 Å². The van der Waals surface area contributed by atoms with Gasteiger partial charge in [0, 0.05) is 23.8 Å². The zero-order valence-electron chi connectivity index (χ0n) is 17.4. The highest BCUT2D eigenvalue weighted by molar-refractivity contribution is 5.92. The maximum absolute atomic E-state index is 14.2. The Bertz CT molecular complexity index is 931. The van der Waals surface area contributed by atoms with Crippen LogP contribution in [0.1, 0.15) is 54.7 Å². The van der Waals surface area contributed by atoms with Crippen LogP contribution in [0.15, 0.2) is 35.1 Å². The summed E-state index contributed by atoms with van der Waals surface area (Å²) in [6, 6.07) is 7.47. The van der Waals surface area contributed by atoms with Crippen molar-refractivity contribution in [2.45, 2.75) is 51.0 Å². The molecule has 29 heavy (non-hydrogen) atoms. The van der Waals surface area contributed by atoms with E-state index in [1.54, 1.807) is 25.1 Å². The van der Waals surface area contributed by atoms with E-state index in [0.29, 0.717) is 12.2 Å². The number of hydrogen-bond donors (Lipinski definition) is 1. The van der Waals surface area contributed by atoms with Crippen LogP contribution in [0.25, 0.3) is 5.69 Å². The molecule has 3 rings (SSSR count). The Balaban J connectivity index is 1.86. The van der Waals surface area contributed by atoms with Gasteiger partial charge in [0.05, 0.1) is 0 Å². The Kier molecular flexibility index (Phi) is 6.47. The largest absolute Gasteiger partial charge is 0.349 e. The predicted molar refractivity (Wildman–Crippen MR) is 111 cm³/mol. The van der Waals surface area contributed by atoms with Crippen LogP contribution in [0.2, 0.25) is 0 Å². The van der Waals surface area contributed by atoms with Crippen molar-refractivity contribution in [3.8, 4) is 5.69 Å². The summed E-state index contributed by atoms with van der Waals surface area (Å²) in [7, 11) is 4.07. The van der Waals surface area contributed by atoms with Crippen LogP contribution in [-0.4, -0.2) is 46.8 Å². The second kappa shape index (κ2) is 8.86. The molecule has 1 aliphatic rings. The van der Waals surface area contributed by atoms with Crippen molar-refractivity contribution in [2.75, 3.05) is 20.6 Å². The maximum Gasteiger partial charge on any atom is 0.275 e. The van der Waals surface area contributed by atoms with Gasteiger partial charge in [-0.3, -0.25) is 9.59 Å². The Morgan fingerprint density at radius 1 is 1.21 bits per heavy atom. The van der Waals surface area contributed by atoms with Crippen LogP contribution in [0.5, 0.6) is 0 Å². The molecule has 7 heteroatoms. The number of likely N-dealkylation sites (N-methyl/N-ethyl adjacent to an activating group) is 1. The average Bonchev–Trinajstić information content (AvgIpc) is 2.94. The molecule has 1 amide bonds. The number of nitrogens with zero attached hydrogens (tertiary/aromatic N) is 3. The van der Waals surface area contributed by atoms with Gasteiger partial charge < -0.3 is 10.2 Å². The van der Waals surface area contributed by atoms with Crippen LogP contribution in [0.4, 0.5) is 4.39 Å². The number of rotatable bonds is 5. The summed E-state index contributed by atoms with van der Waals surface area (Å²) in [6.07, 6.45) is 6.66. The first-order valence-electron chi connectivity index (χ1n) is 10.2. The summed E-state index contributed by atoms with van der Waals surface area (Å²) in [5.74, 6) is -0.992. The summed E-state index contributed by atoms with van der Waals surface area (Å²) in [4.78, 5) is 27.4. The number of benzene rings is 1. The van der Waals surface area contributed by atoms with Crippen LogP contribution in [-0.2, 0) is 0 Å². The molecule has 6 nitrogen and oxygen atoms in total. The lowest BCUT2D eigenvalue weighted by atomic mass is 9.88. The van der Waals surface area contributed by atoms with Crippen molar-refractivity contribution in [3.63, 3.8) is 0 Å². The maximum atomic E-state index is 14.2. The van der Waals surface area contributed by atoms with E-state index in [-0.39, 0.29) is 16.9 Å². The van der Waals surface area contributed by atoms with E-state index >= 15 is 0 Å². The summed E-state index contributed by atoms with van der Waals surface area (Å²) < 4.78 is 15.5. The lowest BCUT2D eigenvalue weighted by Gasteiger charge is -2.39. The van der Waals surface area contributed by atoms with E-state index in [2.05, 4.69) is 15.3 Å². The van der Waals surface area contributed by atoms with Crippen molar-refractivity contribution in [2.24, 2.45) is 0 Å². The summed E-state index contributed by atoms with van der Waals surface area (Å²) >= 11 is 0. The molecule has 156 valence electrons. The molecule has 0 bridgehead atoms. The highest BCUT2D eigenvalue weighted by Crippen LogP contribution is 2.30. The number of aryl methyl sites for hydroxylation is 1. The van der Waals surface area contributed by atoms with Gasteiger partial charge in [0.1, 0.15) is 11.5 Å². The predicted octanol–water partition coefficient (Wildman–Crippen LogP) is 3.06. The molecular formula is C22H29FN4O2. The van der Waals surface area contributed by atoms with Gasteiger partial charge in [-0.2, -0.15) is 5.10 Å². The second-order valence-corrected chi connectivity index (χ2v) is 8.08. The smallest absolute Gasteiger partial charge is 0.275 e. The number of amides is 1. The van der Waals surface area contributed by atoms with Crippen LogP contribution in [0.3, 0.4) is 0 Å². The van der Waals surface area contributed by atoms with Crippen LogP contribution < -0.4 is 10.7 Å². The topological polar surface area (TPSA) is 67.2 Å². The van der Waals surface area contributed by atoms with E-state index in [0.717, 1.165) is 25.7 Å². The van der Waals surface area contributed by atoms with E-state index in [1.807, 2.05) is 14.1 Å². The van der Waals surface area contributed by atoms with Crippen molar-refractivity contribution in [3.05, 3.63) is 57.8 Å². The fraction of sp³-hybridized carbons (Fsp3) is 0.500. The molecule has 0 aliphatic heterocycles. The molecule has 0 radical (unpaired) electrons. The number of para-hydroxylation sites is 1. The third-order valence-corrected chi connectivity index (χ3v) is 5.96. The molecule has 0 saturated heterocycles. The molecule has 1 N–H and O–H groups in total. The molecule has 1 saturated carbocycles. The molecule has 1 aromatic carbocycles. The van der Waals surface area contributed by atoms with Crippen LogP contribution in [0, 0.1) is 12.7 Å². The summed E-state index contributed by atoms with van der Waals surface area (Å²) in [6.45, 7) is 2.11. The molecule has 1 aliphatic carbocycles. The van der Waals surface area contributed by atoms with Gasteiger partial charge in [-0.25, -0.2) is 9.07 Å². The number of hydrogen-bond acceptors (Lipinski definition) is 4. The number of halogens is 1. The first-order valence-corrected chi connectivity index (χ1v) is 10.2. The normalized spacial score (nSPS) is 16.4. The minimum absolute atomic E-state index is 0.124. The number of carbonyl (C=O) groups is 1. The van der Waals surface area contributed by atoms with Gasteiger partial charge in [-0.1, -0.05) is 37.8 Å². The van der Waals surface area contributed by atoms with Gasteiger partial charge in [-0.15, -0.1) is 0 Å². The Labute approximate surface area is 170 Å². The quantitative estimate of drug-likeness (QED) is 0.784. The van der Waals surface area contributed by atoms with Crippen molar-refractivity contribution < 1.29 is 9.18 Å². The lowest BCUT2D eigenvalue weighted by molar-refractivity contribution is 0.0861. The molecular weight excluding hydrogens is 371 g/mol. The zero-order valence-corrected chi connectivity index (χ0v) is 17.4. The standard InChI is InChI=1S/C22H29FN4O2/c1-16-14-19(28)20(25-27(16)18-11-7-6-10-17(18)23)21(29)24-15-22(26(2)3)12-8-4-5-9-13-22/h6-7,10-11,14H,4-5,8-9,12-13,15H2,1-3H3,(H,24,29). The average molecular weight is 400 g/mol. The molecule has 0 atom stereocenters. The SMILES string of the molecule is Cc1cc(=O)c(C(=O)NCC2(N(C)C)CCCCCC2)nn1-c1ccccc1F.